The van der Waals surface area contributed by atoms with Crippen LogP contribution >= 0.6 is 0 Å². The Hall–Kier alpha value is -1.06. The van der Waals surface area contributed by atoms with Gasteiger partial charge < -0.3 is 9.47 Å². The molecule has 1 saturated heterocycles. The molecule has 1 N–H and O–H groups in total. The van der Waals surface area contributed by atoms with E-state index in [1.165, 1.54) is 69.8 Å². The fourth-order valence-corrected chi connectivity index (χ4v) is 5.24. The van der Waals surface area contributed by atoms with Crippen molar-refractivity contribution in [1.29, 1.82) is 0 Å². The molecule has 1 heterocycles. The summed E-state index contributed by atoms with van der Waals surface area (Å²) in [4.78, 5) is 0. The lowest BCUT2D eigenvalue weighted by molar-refractivity contribution is -0.0533. The van der Waals surface area contributed by atoms with Crippen LogP contribution in [0, 0.1) is 17.8 Å². The molecule has 3 rings (SSSR count). The molecule has 1 aliphatic carbocycles. The van der Waals surface area contributed by atoms with Gasteiger partial charge in [0.15, 0.2) is 0 Å². The Bertz CT molecular complexity index is 569. The monoisotopic (exact) mass is 401 g/mol. The molecule has 1 atom stereocenters. The van der Waals surface area contributed by atoms with Crippen LogP contribution in [0.4, 0.5) is 0 Å². The number of benzene rings is 1. The predicted octanol–water partition coefficient (Wildman–Crippen LogP) is 6.66. The van der Waals surface area contributed by atoms with Gasteiger partial charge in [0.1, 0.15) is 11.5 Å². The minimum absolute atomic E-state index is 0.339. The van der Waals surface area contributed by atoms with E-state index in [0.717, 1.165) is 37.3 Å². The van der Waals surface area contributed by atoms with Crippen LogP contribution in [0.2, 0.25) is 0 Å². The van der Waals surface area contributed by atoms with E-state index in [4.69, 9.17) is 9.47 Å². The van der Waals surface area contributed by atoms with Crippen LogP contribution in [0.25, 0.3) is 0 Å². The molecule has 0 amide bonds. The lowest BCUT2D eigenvalue weighted by Crippen LogP contribution is -2.43. The highest BCUT2D eigenvalue weighted by atomic mass is 16.5. The van der Waals surface area contributed by atoms with Gasteiger partial charge >= 0.3 is 0 Å². The second kappa shape index (κ2) is 11.4. The molecule has 0 radical (unpaired) electrons. The molecule has 0 spiro atoms. The first-order valence-corrected chi connectivity index (χ1v) is 12.3. The van der Waals surface area contributed by atoms with E-state index < -0.39 is 0 Å². The Morgan fingerprint density at radius 2 is 1.66 bits per heavy atom. The molecular weight excluding hydrogens is 358 g/mol. The van der Waals surface area contributed by atoms with Gasteiger partial charge in [-0.2, -0.15) is 0 Å². The maximum Gasteiger partial charge on any atom is 0.147 e. The van der Waals surface area contributed by atoms with Gasteiger partial charge in [0.05, 0.1) is 13.2 Å². The molecule has 29 heavy (non-hydrogen) atoms. The summed E-state index contributed by atoms with van der Waals surface area (Å²) in [7, 11) is 0. The number of rotatable bonds is 11. The Kier molecular flexibility index (Phi) is 8.86. The smallest absolute Gasteiger partial charge is 0.147 e. The molecule has 164 valence electrons. The molecular formula is C26H43NO2. The van der Waals surface area contributed by atoms with Crippen molar-refractivity contribution in [2.45, 2.75) is 90.7 Å². The molecule has 1 aromatic carbocycles. The zero-order valence-electron chi connectivity index (χ0n) is 19.1. The van der Waals surface area contributed by atoms with Crippen LogP contribution in [0.1, 0.15) is 90.5 Å². The SMILES string of the molecule is CCCCCC1CCC(CCCOc2ccc(C3(C(C)C)NCCO3)cc2)CC1. The van der Waals surface area contributed by atoms with Crippen LogP contribution in [0.5, 0.6) is 5.75 Å². The minimum atomic E-state index is -0.339. The Morgan fingerprint density at radius 1 is 1.00 bits per heavy atom. The van der Waals surface area contributed by atoms with Crippen molar-refractivity contribution in [1.82, 2.24) is 5.32 Å². The normalized spacial score (nSPS) is 27.4. The van der Waals surface area contributed by atoms with E-state index in [1.54, 1.807) is 0 Å². The number of hydrogen-bond acceptors (Lipinski definition) is 3. The molecule has 1 aliphatic heterocycles. The van der Waals surface area contributed by atoms with Crippen molar-refractivity contribution in [2.75, 3.05) is 19.8 Å². The summed E-state index contributed by atoms with van der Waals surface area (Å²) in [6.45, 7) is 9.24. The van der Waals surface area contributed by atoms with Gasteiger partial charge in [-0.15, -0.1) is 0 Å². The highest BCUT2D eigenvalue weighted by Gasteiger charge is 2.39. The summed E-state index contributed by atoms with van der Waals surface area (Å²) < 4.78 is 12.1. The maximum absolute atomic E-state index is 6.08. The van der Waals surface area contributed by atoms with Crippen molar-refractivity contribution in [3.8, 4) is 5.75 Å². The highest BCUT2D eigenvalue weighted by molar-refractivity contribution is 5.31. The summed E-state index contributed by atoms with van der Waals surface area (Å²) in [5, 5.41) is 3.55. The summed E-state index contributed by atoms with van der Waals surface area (Å²) in [6.07, 6.45) is 14.0. The lowest BCUT2D eigenvalue weighted by atomic mass is 9.78. The third-order valence-electron chi connectivity index (χ3n) is 7.12. The molecule has 1 aromatic rings. The van der Waals surface area contributed by atoms with Crippen molar-refractivity contribution in [3.63, 3.8) is 0 Å². The van der Waals surface area contributed by atoms with Crippen molar-refractivity contribution in [2.24, 2.45) is 17.8 Å². The van der Waals surface area contributed by atoms with Crippen molar-refractivity contribution >= 4 is 0 Å². The topological polar surface area (TPSA) is 30.5 Å². The standard InChI is InChI=1S/C26H43NO2/c1-4-5-6-8-22-10-12-23(13-11-22)9-7-19-28-25-16-14-24(15-17-25)26(21(2)3)27-18-20-29-26/h14-17,21-23,27H,4-13,18-20H2,1-3H3. The molecule has 3 nitrogen and oxygen atoms in total. The third kappa shape index (κ3) is 6.21. The van der Waals surface area contributed by atoms with Gasteiger partial charge in [0, 0.05) is 12.5 Å². The van der Waals surface area contributed by atoms with E-state index in [1.807, 2.05) is 0 Å². The molecule has 2 aliphatic rings. The number of unbranched alkanes of at least 4 members (excludes halogenated alkanes) is 2. The second-order valence-electron chi connectivity index (χ2n) is 9.56. The van der Waals surface area contributed by atoms with Crippen LogP contribution in [-0.4, -0.2) is 19.8 Å². The average Bonchev–Trinajstić information content (AvgIpc) is 3.24. The Labute approximate surface area is 178 Å². The zero-order chi connectivity index (χ0) is 20.5. The fourth-order valence-electron chi connectivity index (χ4n) is 5.24. The van der Waals surface area contributed by atoms with E-state index in [-0.39, 0.29) is 5.72 Å². The van der Waals surface area contributed by atoms with Gasteiger partial charge in [-0.25, -0.2) is 0 Å². The molecule has 1 unspecified atom stereocenters. The van der Waals surface area contributed by atoms with Crippen LogP contribution < -0.4 is 10.1 Å². The first-order chi connectivity index (χ1) is 14.1. The molecule has 2 fully saturated rings. The largest absolute Gasteiger partial charge is 0.494 e. The van der Waals surface area contributed by atoms with Gasteiger partial charge in [-0.1, -0.05) is 84.3 Å². The third-order valence-corrected chi connectivity index (χ3v) is 7.12. The summed E-state index contributed by atoms with van der Waals surface area (Å²) >= 11 is 0. The molecule has 0 bridgehead atoms. The van der Waals surface area contributed by atoms with Gasteiger partial charge in [-0.05, 0) is 42.4 Å². The number of ether oxygens (including phenoxy) is 2. The van der Waals surface area contributed by atoms with Gasteiger partial charge in [0.25, 0.3) is 0 Å². The molecule has 0 aromatic heterocycles. The highest BCUT2D eigenvalue weighted by Crippen LogP contribution is 2.35. The first kappa shape index (κ1) is 22.6. The zero-order valence-corrected chi connectivity index (χ0v) is 19.1. The number of nitrogens with one attached hydrogen (secondary N) is 1. The van der Waals surface area contributed by atoms with Crippen LogP contribution in [0.3, 0.4) is 0 Å². The summed E-state index contributed by atoms with van der Waals surface area (Å²) in [6, 6.07) is 8.52. The Morgan fingerprint density at radius 3 is 2.21 bits per heavy atom. The number of hydrogen-bond donors (Lipinski definition) is 1. The Balaban J connectivity index is 1.34. The summed E-state index contributed by atoms with van der Waals surface area (Å²) in [5.41, 5.74) is 0.863. The molecule has 1 saturated carbocycles. The predicted molar refractivity (Wildman–Crippen MR) is 121 cm³/mol. The van der Waals surface area contributed by atoms with Crippen molar-refractivity contribution < 1.29 is 9.47 Å². The van der Waals surface area contributed by atoms with E-state index >= 15 is 0 Å². The fraction of sp³-hybridized carbons (Fsp3) is 0.769. The van der Waals surface area contributed by atoms with Crippen LogP contribution in [0.15, 0.2) is 24.3 Å². The quantitative estimate of drug-likeness (QED) is 0.420. The van der Waals surface area contributed by atoms with E-state index in [0.29, 0.717) is 5.92 Å². The van der Waals surface area contributed by atoms with Crippen molar-refractivity contribution in [3.05, 3.63) is 29.8 Å². The van der Waals surface area contributed by atoms with Gasteiger partial charge in [-0.3, -0.25) is 5.32 Å². The van der Waals surface area contributed by atoms with Gasteiger partial charge in [0.2, 0.25) is 0 Å². The first-order valence-electron chi connectivity index (χ1n) is 12.3. The second-order valence-corrected chi connectivity index (χ2v) is 9.56. The lowest BCUT2D eigenvalue weighted by Gasteiger charge is -2.33. The van der Waals surface area contributed by atoms with E-state index in [2.05, 4.69) is 50.4 Å². The maximum atomic E-state index is 6.08. The molecule has 3 heteroatoms. The van der Waals surface area contributed by atoms with E-state index in [9.17, 15) is 0 Å². The average molecular weight is 402 g/mol. The van der Waals surface area contributed by atoms with Crippen LogP contribution in [-0.2, 0) is 10.5 Å². The minimum Gasteiger partial charge on any atom is -0.494 e. The summed E-state index contributed by atoms with van der Waals surface area (Å²) in [5.74, 6) is 3.31.